The maximum atomic E-state index is 13.9. The van der Waals surface area contributed by atoms with E-state index < -0.39 is 0 Å². The highest BCUT2D eigenvalue weighted by molar-refractivity contribution is 5.96. The summed E-state index contributed by atoms with van der Waals surface area (Å²) in [6.07, 6.45) is 10.8. The molecule has 3 saturated carbocycles. The van der Waals surface area contributed by atoms with E-state index in [1.165, 1.54) is 4.90 Å². The zero-order chi connectivity index (χ0) is 24.7. The van der Waals surface area contributed by atoms with Gasteiger partial charge in [0.05, 0.1) is 0 Å². The van der Waals surface area contributed by atoms with Crippen molar-refractivity contribution in [3.63, 3.8) is 0 Å². The summed E-state index contributed by atoms with van der Waals surface area (Å²) in [6, 6.07) is -0.0255. The molecule has 190 valence electrons. The molecule has 0 aromatic heterocycles. The first kappa shape index (κ1) is 25.2. The maximum absolute atomic E-state index is 13.9. The summed E-state index contributed by atoms with van der Waals surface area (Å²) in [5, 5.41) is 6.09. The Morgan fingerprint density at radius 3 is 2.56 bits per heavy atom. The van der Waals surface area contributed by atoms with Crippen molar-refractivity contribution in [1.82, 2.24) is 20.4 Å². The van der Waals surface area contributed by atoms with E-state index in [-0.39, 0.29) is 40.6 Å². The minimum atomic E-state index is -0.247. The number of rotatable bonds is 6. The topological polar surface area (TPSA) is 81.8 Å². The number of carbonyl (C=O) groups is 3. The first-order valence-electron chi connectivity index (χ1n) is 13.4. The molecule has 2 unspecified atom stereocenters. The third-order valence-corrected chi connectivity index (χ3v) is 9.81. The molecule has 34 heavy (non-hydrogen) atoms. The molecule has 0 saturated heterocycles. The van der Waals surface area contributed by atoms with Crippen LogP contribution in [-0.4, -0.2) is 67.4 Å². The minimum Gasteiger partial charge on any atom is -0.349 e. The van der Waals surface area contributed by atoms with Gasteiger partial charge in [-0.15, -0.1) is 0 Å². The van der Waals surface area contributed by atoms with Crippen LogP contribution in [-0.2, 0) is 9.59 Å². The summed E-state index contributed by atoms with van der Waals surface area (Å²) in [5.41, 5.74) is -0.0607. The van der Waals surface area contributed by atoms with E-state index in [2.05, 4.69) is 35.5 Å². The molecule has 0 aromatic rings. The Labute approximate surface area is 205 Å². The molecule has 7 atom stereocenters. The van der Waals surface area contributed by atoms with Crippen LogP contribution in [0.5, 0.6) is 0 Å². The van der Waals surface area contributed by atoms with Gasteiger partial charge in [0, 0.05) is 30.5 Å². The maximum Gasteiger partial charge on any atom is 0.324 e. The molecule has 0 aromatic carbocycles. The monoisotopic (exact) mass is 472 g/mol. The lowest BCUT2D eigenvalue weighted by Crippen LogP contribution is -2.59. The third-order valence-electron chi connectivity index (χ3n) is 9.81. The van der Waals surface area contributed by atoms with Gasteiger partial charge in [-0.3, -0.25) is 14.5 Å². The van der Waals surface area contributed by atoms with Crippen molar-refractivity contribution >= 4 is 17.8 Å². The summed E-state index contributed by atoms with van der Waals surface area (Å²) in [5.74, 6) is 1.58. The Balaban J connectivity index is 1.53. The van der Waals surface area contributed by atoms with Crippen molar-refractivity contribution in [3.8, 4) is 0 Å². The zero-order valence-corrected chi connectivity index (χ0v) is 21.7. The van der Waals surface area contributed by atoms with Gasteiger partial charge < -0.3 is 15.5 Å². The number of imide groups is 1. The van der Waals surface area contributed by atoms with Gasteiger partial charge in [0.1, 0.15) is 0 Å². The highest BCUT2D eigenvalue weighted by Gasteiger charge is 2.61. The number of hydrogen-bond donors (Lipinski definition) is 2. The van der Waals surface area contributed by atoms with E-state index in [4.69, 9.17) is 0 Å². The molecular weight excluding hydrogens is 428 g/mol. The van der Waals surface area contributed by atoms with E-state index in [0.717, 1.165) is 51.5 Å². The lowest BCUT2D eigenvalue weighted by atomic mass is 9.48. The van der Waals surface area contributed by atoms with Gasteiger partial charge >= 0.3 is 6.03 Å². The van der Waals surface area contributed by atoms with Crippen LogP contribution in [0.1, 0.15) is 65.7 Å². The number of urea groups is 1. The Hall–Kier alpha value is -1.89. The number of hydrogen-bond acceptors (Lipinski definition) is 4. The first-order chi connectivity index (χ1) is 16.1. The Kier molecular flexibility index (Phi) is 7.14. The lowest BCUT2D eigenvalue weighted by Gasteiger charge is -2.58. The van der Waals surface area contributed by atoms with Crippen molar-refractivity contribution in [2.24, 2.45) is 34.5 Å². The molecule has 0 radical (unpaired) electrons. The van der Waals surface area contributed by atoms with Crippen LogP contribution in [0.4, 0.5) is 4.79 Å². The van der Waals surface area contributed by atoms with Gasteiger partial charge in [0.25, 0.3) is 0 Å². The average molecular weight is 473 g/mol. The van der Waals surface area contributed by atoms with Crippen LogP contribution in [0.2, 0.25) is 0 Å². The molecule has 0 bridgehead atoms. The Morgan fingerprint density at radius 1 is 1.09 bits per heavy atom. The molecule has 4 rings (SSSR count). The number of carbonyl (C=O) groups excluding carboxylic acids is 3. The van der Waals surface area contributed by atoms with Crippen LogP contribution in [0, 0.1) is 34.5 Å². The zero-order valence-electron chi connectivity index (χ0n) is 21.7. The third kappa shape index (κ3) is 4.29. The molecule has 3 aliphatic carbocycles. The molecule has 4 aliphatic rings. The van der Waals surface area contributed by atoms with Crippen LogP contribution < -0.4 is 10.6 Å². The van der Waals surface area contributed by atoms with Gasteiger partial charge in [-0.1, -0.05) is 19.9 Å². The van der Waals surface area contributed by atoms with E-state index in [1.54, 1.807) is 6.08 Å². The number of nitrogens with zero attached hydrogens (tertiary/aromatic N) is 2. The van der Waals surface area contributed by atoms with Gasteiger partial charge in [-0.25, -0.2) is 4.79 Å². The van der Waals surface area contributed by atoms with Crippen molar-refractivity contribution in [2.45, 2.75) is 71.8 Å². The fourth-order valence-electron chi connectivity index (χ4n) is 8.03. The molecule has 7 heteroatoms. The molecular formula is C27H44N4O3. The van der Waals surface area contributed by atoms with Gasteiger partial charge in [-0.2, -0.15) is 0 Å². The largest absolute Gasteiger partial charge is 0.349 e. The normalized spacial score (nSPS) is 38.5. The van der Waals surface area contributed by atoms with Crippen LogP contribution in [0.15, 0.2) is 12.2 Å². The standard InChI is InChI=1S/C27H44N4O3/c1-6-28-25(34)31(17-7-16-30(4)5)24(33)21-10-9-19-18-8-11-22-27(3,15-13-23(32)29-22)20(18)12-14-26(19,21)2/h13,15,18-22H,6-12,14,16-17H2,1-5H3,(H,28,34)(H,29,32)/t18-,19-,20+,21?,22?,26-,27+/m0/s1. The molecule has 0 spiro atoms. The fourth-order valence-corrected chi connectivity index (χ4v) is 8.03. The number of nitrogens with one attached hydrogen (secondary N) is 2. The SMILES string of the molecule is CCNC(=O)N(CCCN(C)C)C(=O)C1CC[C@H]2[C@@H]3CCC4NC(=O)C=C[C@]4(C)[C@@H]3CC[C@]12C. The Bertz CT molecular complexity index is 842. The summed E-state index contributed by atoms with van der Waals surface area (Å²) in [7, 11) is 4.03. The van der Waals surface area contributed by atoms with E-state index >= 15 is 0 Å². The van der Waals surface area contributed by atoms with Crippen LogP contribution >= 0.6 is 0 Å². The van der Waals surface area contributed by atoms with Gasteiger partial charge in [0.2, 0.25) is 11.8 Å². The molecule has 4 amide bonds. The Morgan fingerprint density at radius 2 is 1.85 bits per heavy atom. The van der Waals surface area contributed by atoms with Gasteiger partial charge in [0.15, 0.2) is 0 Å². The summed E-state index contributed by atoms with van der Waals surface area (Å²) >= 11 is 0. The molecule has 2 N–H and O–H groups in total. The predicted octanol–water partition coefficient (Wildman–Crippen LogP) is 3.41. The molecule has 1 heterocycles. The van der Waals surface area contributed by atoms with Crippen molar-refractivity contribution in [1.29, 1.82) is 0 Å². The van der Waals surface area contributed by atoms with Crippen molar-refractivity contribution < 1.29 is 14.4 Å². The highest BCUT2D eigenvalue weighted by atomic mass is 16.2. The summed E-state index contributed by atoms with van der Waals surface area (Å²) in [6.45, 7) is 8.39. The molecule has 3 fully saturated rings. The smallest absolute Gasteiger partial charge is 0.324 e. The van der Waals surface area contributed by atoms with Gasteiger partial charge in [-0.05, 0) is 102 Å². The van der Waals surface area contributed by atoms with E-state index in [9.17, 15) is 14.4 Å². The van der Waals surface area contributed by atoms with Crippen LogP contribution in [0.25, 0.3) is 0 Å². The van der Waals surface area contributed by atoms with E-state index in [0.29, 0.717) is 30.8 Å². The minimum absolute atomic E-state index is 0.000517. The second kappa shape index (κ2) is 9.63. The predicted molar refractivity (Wildman–Crippen MR) is 133 cm³/mol. The first-order valence-corrected chi connectivity index (χ1v) is 13.4. The fraction of sp³-hybridized carbons (Fsp3) is 0.815. The van der Waals surface area contributed by atoms with Crippen LogP contribution in [0.3, 0.4) is 0 Å². The summed E-state index contributed by atoms with van der Waals surface area (Å²) < 4.78 is 0. The second-order valence-electron chi connectivity index (χ2n) is 11.9. The number of amides is 4. The molecule has 7 nitrogen and oxygen atoms in total. The quantitative estimate of drug-likeness (QED) is 0.621. The highest BCUT2D eigenvalue weighted by Crippen LogP contribution is 2.65. The van der Waals surface area contributed by atoms with Crippen molar-refractivity contribution in [3.05, 3.63) is 12.2 Å². The second-order valence-corrected chi connectivity index (χ2v) is 11.9. The average Bonchev–Trinajstić information content (AvgIpc) is 3.14. The number of fused-ring (bicyclic) bond motifs is 5. The van der Waals surface area contributed by atoms with Crippen molar-refractivity contribution in [2.75, 3.05) is 33.7 Å². The lowest BCUT2D eigenvalue weighted by molar-refractivity contribution is -0.141. The summed E-state index contributed by atoms with van der Waals surface area (Å²) in [4.78, 5) is 42.3. The molecule has 1 aliphatic heterocycles. The van der Waals surface area contributed by atoms with E-state index in [1.807, 2.05) is 21.0 Å².